The summed E-state index contributed by atoms with van der Waals surface area (Å²) in [6, 6.07) is 7.80. The maximum absolute atomic E-state index is 5.88. The molecule has 0 saturated heterocycles. The highest BCUT2D eigenvalue weighted by Gasteiger charge is 2.12. The summed E-state index contributed by atoms with van der Waals surface area (Å²) in [6.07, 6.45) is 1.47. The van der Waals surface area contributed by atoms with Crippen LogP contribution in [0.5, 0.6) is 0 Å². The first kappa shape index (κ1) is 15.4. The van der Waals surface area contributed by atoms with Crippen LogP contribution in [0.15, 0.2) is 30.6 Å². The van der Waals surface area contributed by atoms with Crippen LogP contribution < -0.4 is 11.1 Å². The van der Waals surface area contributed by atoms with Crippen LogP contribution in [0.4, 0.5) is 5.82 Å². The molecule has 0 aliphatic rings. The van der Waals surface area contributed by atoms with Crippen molar-refractivity contribution in [2.24, 2.45) is 0 Å². The third kappa shape index (κ3) is 3.31. The first-order valence-electron chi connectivity index (χ1n) is 6.73. The Hall–Kier alpha value is -1.45. The molecule has 2 aromatic heterocycles. The molecule has 3 aromatic rings. The van der Waals surface area contributed by atoms with Crippen LogP contribution in [0.25, 0.3) is 11.0 Å². The van der Waals surface area contributed by atoms with Gasteiger partial charge in [-0.25, -0.2) is 14.6 Å². The van der Waals surface area contributed by atoms with Gasteiger partial charge in [0, 0.05) is 18.1 Å². The predicted molar refractivity (Wildman–Crippen MR) is 95.6 cm³/mol. The number of hydrogen-bond acceptors (Lipinski definition) is 5. The summed E-state index contributed by atoms with van der Waals surface area (Å²) >= 11 is 8.02. The fraction of sp³-hybridized carbons (Fsp3) is 0.214. The van der Waals surface area contributed by atoms with Gasteiger partial charge in [0.1, 0.15) is 15.8 Å². The van der Waals surface area contributed by atoms with Gasteiger partial charge in [0.15, 0.2) is 5.65 Å². The van der Waals surface area contributed by atoms with Crippen molar-refractivity contribution >= 4 is 51.0 Å². The molecule has 0 saturated carbocycles. The molecule has 22 heavy (non-hydrogen) atoms. The zero-order chi connectivity index (χ0) is 15.5. The van der Waals surface area contributed by atoms with Gasteiger partial charge in [-0.05, 0) is 40.3 Å². The van der Waals surface area contributed by atoms with Gasteiger partial charge in [-0.3, -0.25) is 0 Å². The molecule has 3 rings (SSSR count). The minimum atomic E-state index is 0.467. The molecule has 1 aromatic carbocycles. The van der Waals surface area contributed by atoms with E-state index in [0.29, 0.717) is 12.4 Å². The number of nitrogen functional groups attached to an aromatic ring is 1. The Morgan fingerprint density at radius 1 is 1.23 bits per heavy atom. The molecule has 114 valence electrons. The molecule has 0 amide bonds. The molecule has 0 radical (unpaired) electrons. The average molecular weight is 429 g/mol. The van der Waals surface area contributed by atoms with Gasteiger partial charge in [0.2, 0.25) is 0 Å². The summed E-state index contributed by atoms with van der Waals surface area (Å²) in [4.78, 5) is 8.28. The van der Waals surface area contributed by atoms with Crippen molar-refractivity contribution < 1.29 is 0 Å². The van der Waals surface area contributed by atoms with Gasteiger partial charge in [-0.15, -0.1) is 0 Å². The van der Waals surface area contributed by atoms with Crippen LogP contribution in [-0.4, -0.2) is 26.3 Å². The number of aromatic nitrogens is 4. The lowest BCUT2D eigenvalue weighted by Crippen LogP contribution is -2.20. The lowest BCUT2D eigenvalue weighted by Gasteiger charge is -2.06. The second kappa shape index (κ2) is 6.76. The third-order valence-corrected chi connectivity index (χ3v) is 4.27. The maximum atomic E-state index is 5.88. The van der Waals surface area contributed by atoms with E-state index >= 15 is 0 Å². The summed E-state index contributed by atoms with van der Waals surface area (Å²) in [5, 5.41) is 9.42. The Labute approximate surface area is 146 Å². The number of nitrogens with one attached hydrogen (secondary N) is 1. The number of nitrogens with zero attached hydrogens (tertiary/aromatic N) is 4. The second-order valence-corrected chi connectivity index (χ2v) is 6.23. The summed E-state index contributed by atoms with van der Waals surface area (Å²) < 4.78 is 2.67. The van der Waals surface area contributed by atoms with Gasteiger partial charge < -0.3 is 11.1 Å². The SMILES string of the molecule is Nc1ncnc2c1c(I)nn2CCNCc1ccc(Cl)cc1. The maximum Gasteiger partial charge on any atom is 0.164 e. The van der Waals surface area contributed by atoms with E-state index in [1.54, 1.807) is 0 Å². The molecule has 2 heterocycles. The van der Waals surface area contributed by atoms with Gasteiger partial charge in [-0.2, -0.15) is 5.10 Å². The first-order chi connectivity index (χ1) is 10.6. The van der Waals surface area contributed by atoms with E-state index in [4.69, 9.17) is 17.3 Å². The molecule has 6 nitrogen and oxygen atoms in total. The molecule has 0 aliphatic heterocycles. The van der Waals surface area contributed by atoms with E-state index in [-0.39, 0.29) is 0 Å². The van der Waals surface area contributed by atoms with Gasteiger partial charge in [-0.1, -0.05) is 23.7 Å². The zero-order valence-electron chi connectivity index (χ0n) is 11.6. The van der Waals surface area contributed by atoms with Crippen molar-refractivity contribution in [3.05, 3.63) is 44.9 Å². The standard InChI is InChI=1S/C14H14ClIN6/c15-10-3-1-9(2-4-10)7-18-5-6-22-14-11(12(16)21-22)13(17)19-8-20-14/h1-4,8,18H,5-7H2,(H2,17,19,20). The van der Waals surface area contributed by atoms with E-state index in [9.17, 15) is 0 Å². The predicted octanol–water partition coefficient (Wildman–Crippen LogP) is 2.46. The molecule has 0 unspecified atom stereocenters. The van der Waals surface area contributed by atoms with Crippen molar-refractivity contribution in [1.29, 1.82) is 0 Å². The van der Waals surface area contributed by atoms with E-state index in [2.05, 4.69) is 43.0 Å². The van der Waals surface area contributed by atoms with E-state index in [1.165, 1.54) is 11.9 Å². The number of fused-ring (bicyclic) bond motifs is 1. The topological polar surface area (TPSA) is 81.7 Å². The van der Waals surface area contributed by atoms with Crippen LogP contribution in [0, 0.1) is 3.70 Å². The third-order valence-electron chi connectivity index (χ3n) is 3.26. The highest BCUT2D eigenvalue weighted by Crippen LogP contribution is 2.22. The van der Waals surface area contributed by atoms with Gasteiger partial charge >= 0.3 is 0 Å². The minimum Gasteiger partial charge on any atom is -0.383 e. The van der Waals surface area contributed by atoms with E-state index < -0.39 is 0 Å². The summed E-state index contributed by atoms with van der Waals surface area (Å²) in [6.45, 7) is 2.27. The Morgan fingerprint density at radius 3 is 2.77 bits per heavy atom. The van der Waals surface area contributed by atoms with E-state index in [0.717, 1.165) is 32.8 Å². The molecule has 0 aliphatic carbocycles. The van der Waals surface area contributed by atoms with E-state index in [1.807, 2.05) is 28.9 Å². The van der Waals surface area contributed by atoms with Crippen LogP contribution in [0.1, 0.15) is 5.56 Å². The van der Waals surface area contributed by atoms with Gasteiger partial charge in [0.05, 0.1) is 11.9 Å². The number of halogens is 2. The molecule has 0 spiro atoms. The lowest BCUT2D eigenvalue weighted by atomic mass is 10.2. The normalized spacial score (nSPS) is 11.2. The summed E-state index contributed by atoms with van der Waals surface area (Å²) in [7, 11) is 0. The number of anilines is 1. The monoisotopic (exact) mass is 428 g/mol. The molecular weight excluding hydrogens is 415 g/mol. The van der Waals surface area contributed by atoms with Crippen LogP contribution in [-0.2, 0) is 13.1 Å². The fourth-order valence-corrected chi connectivity index (χ4v) is 3.07. The van der Waals surface area contributed by atoms with Crippen molar-refractivity contribution in [2.45, 2.75) is 13.1 Å². The summed E-state index contributed by atoms with van der Waals surface area (Å²) in [5.41, 5.74) is 7.84. The van der Waals surface area contributed by atoms with Crippen molar-refractivity contribution in [1.82, 2.24) is 25.1 Å². The minimum absolute atomic E-state index is 0.467. The van der Waals surface area contributed by atoms with Crippen LogP contribution >= 0.6 is 34.2 Å². The Morgan fingerprint density at radius 2 is 2.00 bits per heavy atom. The van der Waals surface area contributed by atoms with Crippen LogP contribution in [0.3, 0.4) is 0 Å². The molecule has 3 N–H and O–H groups in total. The summed E-state index contributed by atoms with van der Waals surface area (Å²) in [5.74, 6) is 0.467. The molecule has 8 heteroatoms. The quantitative estimate of drug-likeness (QED) is 0.482. The highest BCUT2D eigenvalue weighted by molar-refractivity contribution is 14.1. The Balaban J connectivity index is 1.62. The number of hydrogen-bond donors (Lipinski definition) is 2. The Kier molecular flexibility index (Phi) is 4.74. The molecular formula is C14H14ClIN6. The second-order valence-electron chi connectivity index (χ2n) is 4.77. The number of rotatable bonds is 5. The zero-order valence-corrected chi connectivity index (χ0v) is 14.5. The van der Waals surface area contributed by atoms with Gasteiger partial charge in [0.25, 0.3) is 0 Å². The van der Waals surface area contributed by atoms with Crippen molar-refractivity contribution in [2.75, 3.05) is 12.3 Å². The van der Waals surface area contributed by atoms with Crippen molar-refractivity contribution in [3.8, 4) is 0 Å². The molecule has 0 fully saturated rings. The highest BCUT2D eigenvalue weighted by atomic mass is 127. The smallest absolute Gasteiger partial charge is 0.164 e. The molecule has 0 bridgehead atoms. The largest absolute Gasteiger partial charge is 0.383 e. The Bertz CT molecular complexity index is 786. The lowest BCUT2D eigenvalue weighted by molar-refractivity contribution is 0.562. The number of benzene rings is 1. The number of nitrogens with two attached hydrogens (primary N) is 1. The first-order valence-corrected chi connectivity index (χ1v) is 8.18. The van der Waals surface area contributed by atoms with Crippen LogP contribution in [0.2, 0.25) is 5.02 Å². The molecule has 0 atom stereocenters. The average Bonchev–Trinajstić information content (AvgIpc) is 2.83. The fourth-order valence-electron chi connectivity index (χ4n) is 2.16. The van der Waals surface area contributed by atoms with Crippen molar-refractivity contribution in [3.63, 3.8) is 0 Å².